The summed E-state index contributed by atoms with van der Waals surface area (Å²) < 4.78 is 0. The molecule has 0 aliphatic heterocycles. The molecule has 0 radical (unpaired) electrons. The van der Waals surface area contributed by atoms with Crippen molar-refractivity contribution in [1.82, 2.24) is 15.0 Å². The molecule has 0 amide bonds. The zero-order chi connectivity index (χ0) is 15.7. The van der Waals surface area contributed by atoms with Gasteiger partial charge in [0, 0.05) is 17.1 Å². The summed E-state index contributed by atoms with van der Waals surface area (Å²) in [6.45, 7) is 0. The molecule has 0 unspecified atom stereocenters. The largest absolute Gasteiger partial charge is 0.361 e. The number of aromatic nitrogens is 3. The lowest BCUT2D eigenvalue weighted by molar-refractivity contribution is -0.386. The lowest BCUT2D eigenvalue weighted by Gasteiger charge is -1.96. The van der Waals surface area contributed by atoms with Gasteiger partial charge in [-0.15, -0.1) is 0 Å². The molecule has 22 heavy (non-hydrogen) atoms. The van der Waals surface area contributed by atoms with Crippen LogP contribution in [0, 0.1) is 10.1 Å². The number of H-pyrrole nitrogens is 3. The van der Waals surface area contributed by atoms with Crippen LogP contribution in [0.3, 0.4) is 0 Å². The summed E-state index contributed by atoms with van der Waals surface area (Å²) in [5, 5.41) is 11.9. The molecular weight excluding hydrogens is 288 g/mol. The zero-order valence-corrected chi connectivity index (χ0v) is 11.1. The lowest BCUT2D eigenvalue weighted by atomic mass is 10.1. The quantitative estimate of drug-likeness (QED) is 0.502. The van der Waals surface area contributed by atoms with Crippen molar-refractivity contribution >= 4 is 28.7 Å². The van der Waals surface area contributed by atoms with Gasteiger partial charge in [-0.1, -0.05) is 24.3 Å². The van der Waals surface area contributed by atoms with Crippen molar-refractivity contribution in [2.24, 2.45) is 0 Å². The van der Waals surface area contributed by atoms with E-state index in [0.717, 1.165) is 16.5 Å². The average molecular weight is 298 g/mol. The summed E-state index contributed by atoms with van der Waals surface area (Å²) in [7, 11) is 0. The van der Waals surface area contributed by atoms with Gasteiger partial charge in [-0.05, 0) is 17.7 Å². The monoisotopic (exact) mass is 298 g/mol. The van der Waals surface area contributed by atoms with Crippen molar-refractivity contribution in [2.45, 2.75) is 0 Å². The van der Waals surface area contributed by atoms with Crippen LogP contribution in [0.5, 0.6) is 0 Å². The number of benzene rings is 1. The molecule has 2 heterocycles. The number of rotatable bonds is 3. The highest BCUT2D eigenvalue weighted by molar-refractivity contribution is 5.91. The Hall–Kier alpha value is -3.42. The normalized spacial score (nSPS) is 11.3. The Balaban J connectivity index is 2.12. The second-order valence-corrected chi connectivity index (χ2v) is 4.55. The maximum Gasteiger partial charge on any atom is 0.357 e. The predicted molar refractivity (Wildman–Crippen MR) is 81.6 cm³/mol. The van der Waals surface area contributed by atoms with Crippen molar-refractivity contribution in [3.05, 3.63) is 72.7 Å². The zero-order valence-electron chi connectivity index (χ0n) is 11.1. The van der Waals surface area contributed by atoms with E-state index in [1.807, 2.05) is 29.2 Å². The first-order valence-electron chi connectivity index (χ1n) is 6.31. The standard InChI is InChI=1S/C14H10N4O4/c19-13-12(18(21)22)11(16-14(20)17-13)6-5-8-7-15-10-4-2-1-3-9(8)10/h1-7,15H,(H2,16,17,19,20)/b6-5+. The molecule has 1 aromatic carbocycles. The summed E-state index contributed by atoms with van der Waals surface area (Å²) in [4.78, 5) is 40.1. The number of nitrogens with zero attached hydrogens (tertiary/aromatic N) is 1. The summed E-state index contributed by atoms with van der Waals surface area (Å²) in [5.41, 5.74) is -0.983. The third-order valence-corrected chi connectivity index (χ3v) is 3.18. The third kappa shape index (κ3) is 2.33. The van der Waals surface area contributed by atoms with Crippen LogP contribution in [0.25, 0.3) is 23.1 Å². The van der Waals surface area contributed by atoms with Crippen LogP contribution in [0.2, 0.25) is 0 Å². The number of fused-ring (bicyclic) bond motifs is 1. The van der Waals surface area contributed by atoms with Gasteiger partial charge < -0.3 is 9.97 Å². The van der Waals surface area contributed by atoms with Gasteiger partial charge in [-0.3, -0.25) is 19.9 Å². The van der Waals surface area contributed by atoms with Gasteiger partial charge in [-0.2, -0.15) is 0 Å². The molecule has 0 aliphatic rings. The molecule has 110 valence electrons. The topological polar surface area (TPSA) is 125 Å². The fraction of sp³-hybridized carbons (Fsp3) is 0. The maximum atomic E-state index is 11.5. The highest BCUT2D eigenvalue weighted by atomic mass is 16.6. The number of nitrogens with one attached hydrogen (secondary N) is 3. The molecule has 8 heteroatoms. The lowest BCUT2D eigenvalue weighted by Crippen LogP contribution is -2.25. The van der Waals surface area contributed by atoms with E-state index >= 15 is 0 Å². The van der Waals surface area contributed by atoms with E-state index < -0.39 is 21.9 Å². The SMILES string of the molecule is O=c1[nH]c(/C=C/c2c[nH]c3ccccc23)c([N+](=O)[O-])c(=O)[nH]1. The Kier molecular flexibility index (Phi) is 3.18. The summed E-state index contributed by atoms with van der Waals surface area (Å²) >= 11 is 0. The average Bonchev–Trinajstić information content (AvgIpc) is 2.87. The van der Waals surface area contributed by atoms with Crippen molar-refractivity contribution in [3.8, 4) is 0 Å². The Labute approximate surface area is 122 Å². The van der Waals surface area contributed by atoms with Gasteiger partial charge in [0.1, 0.15) is 5.69 Å². The number of nitro groups is 1. The highest BCUT2D eigenvalue weighted by Crippen LogP contribution is 2.20. The minimum atomic E-state index is -1.03. The molecule has 0 aliphatic carbocycles. The fourth-order valence-corrected chi connectivity index (χ4v) is 2.20. The smallest absolute Gasteiger partial charge is 0.357 e. The Morgan fingerprint density at radius 2 is 1.86 bits per heavy atom. The Bertz CT molecular complexity index is 1010. The van der Waals surface area contributed by atoms with E-state index in [2.05, 4.69) is 9.97 Å². The second-order valence-electron chi connectivity index (χ2n) is 4.55. The minimum Gasteiger partial charge on any atom is -0.361 e. The van der Waals surface area contributed by atoms with Crippen molar-refractivity contribution in [3.63, 3.8) is 0 Å². The molecule has 3 aromatic rings. The molecule has 3 N–H and O–H groups in total. The van der Waals surface area contributed by atoms with Crippen LogP contribution in [-0.2, 0) is 0 Å². The van der Waals surface area contributed by atoms with E-state index in [0.29, 0.717) is 0 Å². The van der Waals surface area contributed by atoms with E-state index in [1.165, 1.54) is 6.08 Å². The first-order chi connectivity index (χ1) is 10.6. The number of para-hydroxylation sites is 1. The van der Waals surface area contributed by atoms with Crippen LogP contribution in [0.1, 0.15) is 11.3 Å². The van der Waals surface area contributed by atoms with Crippen molar-refractivity contribution in [1.29, 1.82) is 0 Å². The second kappa shape index (κ2) is 5.17. The van der Waals surface area contributed by atoms with Crippen molar-refractivity contribution in [2.75, 3.05) is 0 Å². The number of hydrogen-bond acceptors (Lipinski definition) is 4. The summed E-state index contributed by atoms with van der Waals surface area (Å²) in [5.74, 6) is 0. The summed E-state index contributed by atoms with van der Waals surface area (Å²) in [6, 6.07) is 7.53. The van der Waals surface area contributed by atoms with E-state index in [-0.39, 0.29) is 5.69 Å². The van der Waals surface area contributed by atoms with Crippen LogP contribution in [0.15, 0.2) is 40.1 Å². The predicted octanol–water partition coefficient (Wildman–Crippen LogP) is 1.62. The van der Waals surface area contributed by atoms with Crippen LogP contribution in [0.4, 0.5) is 5.69 Å². The Morgan fingerprint density at radius 1 is 1.09 bits per heavy atom. The molecule has 0 fully saturated rings. The van der Waals surface area contributed by atoms with Gasteiger partial charge in [-0.25, -0.2) is 4.79 Å². The minimum absolute atomic E-state index is 0.149. The van der Waals surface area contributed by atoms with Crippen LogP contribution in [-0.4, -0.2) is 19.9 Å². The molecule has 0 atom stereocenters. The van der Waals surface area contributed by atoms with Crippen molar-refractivity contribution < 1.29 is 4.92 Å². The van der Waals surface area contributed by atoms with E-state index in [1.54, 1.807) is 12.3 Å². The first kappa shape index (κ1) is 13.6. The van der Waals surface area contributed by atoms with Gasteiger partial charge in [0.2, 0.25) is 0 Å². The number of hydrogen-bond donors (Lipinski definition) is 3. The molecule has 3 rings (SSSR count). The summed E-state index contributed by atoms with van der Waals surface area (Å²) in [6.07, 6.45) is 4.67. The van der Waals surface area contributed by atoms with Gasteiger partial charge in [0.15, 0.2) is 0 Å². The van der Waals surface area contributed by atoms with Gasteiger partial charge in [0.25, 0.3) is 0 Å². The van der Waals surface area contributed by atoms with Gasteiger partial charge in [0.05, 0.1) is 4.92 Å². The van der Waals surface area contributed by atoms with Crippen LogP contribution >= 0.6 is 0 Å². The Morgan fingerprint density at radius 3 is 2.64 bits per heavy atom. The molecule has 0 bridgehead atoms. The molecule has 2 aromatic heterocycles. The first-order valence-corrected chi connectivity index (χ1v) is 6.31. The molecule has 0 spiro atoms. The molecule has 0 saturated carbocycles. The van der Waals surface area contributed by atoms with E-state index in [9.17, 15) is 19.7 Å². The highest BCUT2D eigenvalue weighted by Gasteiger charge is 2.18. The molecule has 0 saturated heterocycles. The molecule has 8 nitrogen and oxygen atoms in total. The van der Waals surface area contributed by atoms with E-state index in [4.69, 9.17) is 0 Å². The third-order valence-electron chi connectivity index (χ3n) is 3.18. The number of aromatic amines is 3. The fourth-order valence-electron chi connectivity index (χ4n) is 2.20. The van der Waals surface area contributed by atoms with Crippen LogP contribution < -0.4 is 11.2 Å². The van der Waals surface area contributed by atoms with Gasteiger partial charge >= 0.3 is 16.9 Å². The maximum absolute atomic E-state index is 11.5. The molecular formula is C14H10N4O4.